The van der Waals surface area contributed by atoms with Gasteiger partial charge in [-0.3, -0.25) is 24.0 Å². The molecular weight excluding hydrogens is 448 g/mol. The number of aldehydes is 1. The number of aliphatic hydroxyl groups is 3. The number of carbonyl (C=O) groups is 6. The SMILES string of the molecule is CC(=O)N[C@@H](C=O)[C@@H](OC(C(N)=O)C(C)C(=O)NC(CCC(=O)O)C(N)=O)[C@H](O)[C@H](O)CO. The monoisotopic (exact) mass is 478 g/mol. The molecular formula is C18H30N4O11. The van der Waals surface area contributed by atoms with Gasteiger partial charge in [-0.15, -0.1) is 0 Å². The lowest BCUT2D eigenvalue weighted by atomic mass is 9.98. The van der Waals surface area contributed by atoms with E-state index in [1.165, 1.54) is 0 Å². The molecule has 188 valence electrons. The largest absolute Gasteiger partial charge is 0.481 e. The molecule has 0 radical (unpaired) electrons. The first-order chi connectivity index (χ1) is 15.3. The fraction of sp³-hybridized carbons (Fsp3) is 0.667. The Kier molecular flexibility index (Phi) is 12.8. The first-order valence-corrected chi connectivity index (χ1v) is 9.72. The van der Waals surface area contributed by atoms with E-state index < -0.39 is 85.0 Å². The van der Waals surface area contributed by atoms with Gasteiger partial charge in [0.2, 0.25) is 23.6 Å². The number of nitrogens with one attached hydrogen (secondary N) is 2. The Morgan fingerprint density at radius 1 is 1.06 bits per heavy atom. The maximum atomic E-state index is 12.6. The molecule has 15 nitrogen and oxygen atoms in total. The molecule has 0 aromatic rings. The fourth-order valence-electron chi connectivity index (χ4n) is 2.73. The normalized spacial score (nSPS) is 17.4. The molecule has 0 aliphatic rings. The van der Waals surface area contributed by atoms with Gasteiger partial charge >= 0.3 is 5.97 Å². The van der Waals surface area contributed by atoms with Gasteiger partial charge in [-0.1, -0.05) is 6.92 Å². The van der Waals surface area contributed by atoms with Crippen LogP contribution in [0.15, 0.2) is 0 Å². The zero-order valence-corrected chi connectivity index (χ0v) is 18.0. The Morgan fingerprint density at radius 3 is 2.03 bits per heavy atom. The van der Waals surface area contributed by atoms with Crippen LogP contribution in [0.5, 0.6) is 0 Å². The van der Waals surface area contributed by atoms with E-state index in [-0.39, 0.29) is 12.7 Å². The van der Waals surface area contributed by atoms with Crippen molar-refractivity contribution in [1.82, 2.24) is 10.6 Å². The average Bonchev–Trinajstić information content (AvgIpc) is 2.73. The summed E-state index contributed by atoms with van der Waals surface area (Å²) in [4.78, 5) is 69.6. The molecule has 7 atom stereocenters. The van der Waals surface area contributed by atoms with Crippen LogP contribution >= 0.6 is 0 Å². The number of hydrogen-bond donors (Lipinski definition) is 8. The lowest BCUT2D eigenvalue weighted by molar-refractivity contribution is -0.167. The Morgan fingerprint density at radius 2 is 1.64 bits per heavy atom. The van der Waals surface area contributed by atoms with E-state index in [4.69, 9.17) is 26.4 Å². The van der Waals surface area contributed by atoms with Gasteiger partial charge < -0.3 is 52.1 Å². The molecule has 10 N–H and O–H groups in total. The number of ether oxygens (including phenoxy) is 1. The van der Waals surface area contributed by atoms with Crippen LogP contribution in [-0.4, -0.2) is 99.4 Å². The van der Waals surface area contributed by atoms with E-state index in [1.54, 1.807) is 0 Å². The van der Waals surface area contributed by atoms with Crippen molar-refractivity contribution in [3.63, 3.8) is 0 Å². The molecule has 4 amide bonds. The van der Waals surface area contributed by atoms with Crippen LogP contribution in [0.4, 0.5) is 0 Å². The highest BCUT2D eigenvalue weighted by molar-refractivity contribution is 5.91. The minimum absolute atomic E-state index is 0.136. The van der Waals surface area contributed by atoms with Crippen molar-refractivity contribution in [2.24, 2.45) is 17.4 Å². The predicted octanol–water partition coefficient (Wildman–Crippen LogP) is -4.89. The van der Waals surface area contributed by atoms with E-state index >= 15 is 0 Å². The summed E-state index contributed by atoms with van der Waals surface area (Å²) in [5, 5.41) is 42.1. The molecule has 0 aliphatic carbocycles. The number of carboxylic acids is 1. The molecule has 0 aromatic heterocycles. The van der Waals surface area contributed by atoms with Crippen molar-refractivity contribution in [1.29, 1.82) is 0 Å². The quantitative estimate of drug-likeness (QED) is 0.0974. The first-order valence-electron chi connectivity index (χ1n) is 9.72. The standard InChI is InChI=1S/C18H30N4O11/c1-7(18(32)22-9(16(19)30)3-4-12(27)28)14(17(20)31)33-15(13(29)11(26)6-24)10(5-23)21-8(2)25/h5,7,9-11,13-15,24,26,29H,3-4,6H2,1-2H3,(H2,19,30)(H2,20,31)(H,21,25)(H,22,32)(H,27,28)/t7?,9?,10-,11+,13+,14?,15+/m0/s1. The van der Waals surface area contributed by atoms with E-state index in [0.29, 0.717) is 0 Å². The Balaban J connectivity index is 5.81. The summed E-state index contributed by atoms with van der Waals surface area (Å²) < 4.78 is 5.36. The van der Waals surface area contributed by atoms with Gasteiger partial charge in [-0.25, -0.2) is 0 Å². The minimum Gasteiger partial charge on any atom is -0.481 e. The van der Waals surface area contributed by atoms with Gasteiger partial charge in [-0.2, -0.15) is 0 Å². The van der Waals surface area contributed by atoms with Gasteiger partial charge in [-0.05, 0) is 6.42 Å². The molecule has 0 aromatic carbocycles. The van der Waals surface area contributed by atoms with Crippen molar-refractivity contribution in [3.05, 3.63) is 0 Å². The molecule has 0 rings (SSSR count). The van der Waals surface area contributed by atoms with E-state index in [1.807, 2.05) is 0 Å². The first kappa shape index (κ1) is 29.9. The third-order valence-electron chi connectivity index (χ3n) is 4.55. The second-order valence-corrected chi connectivity index (χ2v) is 7.21. The summed E-state index contributed by atoms with van der Waals surface area (Å²) in [6.07, 6.45) is -8.27. The third kappa shape index (κ3) is 9.90. The van der Waals surface area contributed by atoms with Crippen LogP contribution < -0.4 is 22.1 Å². The van der Waals surface area contributed by atoms with Crippen LogP contribution in [0.25, 0.3) is 0 Å². The number of aliphatic carboxylic acids is 1. The van der Waals surface area contributed by atoms with Crippen molar-refractivity contribution < 1.29 is 53.9 Å². The van der Waals surface area contributed by atoms with E-state index in [9.17, 15) is 39.0 Å². The molecule has 3 unspecified atom stereocenters. The van der Waals surface area contributed by atoms with Crippen molar-refractivity contribution in [2.45, 2.75) is 63.2 Å². The topological polar surface area (TPSA) is 269 Å². The summed E-state index contributed by atoms with van der Waals surface area (Å²) in [6, 6.07) is -3.02. The Labute approximate surface area is 188 Å². The summed E-state index contributed by atoms with van der Waals surface area (Å²) in [6.45, 7) is 1.19. The molecule has 0 saturated carbocycles. The van der Waals surface area contributed by atoms with Gasteiger partial charge in [0.25, 0.3) is 0 Å². The smallest absolute Gasteiger partial charge is 0.303 e. The summed E-state index contributed by atoms with van der Waals surface area (Å²) in [5.41, 5.74) is 10.4. The molecule has 0 spiro atoms. The summed E-state index contributed by atoms with van der Waals surface area (Å²) in [5.74, 6) is -6.76. The number of rotatable bonds is 16. The second kappa shape index (κ2) is 14.1. The number of primary amides is 2. The van der Waals surface area contributed by atoms with Crippen molar-refractivity contribution in [2.75, 3.05) is 6.61 Å². The summed E-state index contributed by atoms with van der Waals surface area (Å²) in [7, 11) is 0. The maximum Gasteiger partial charge on any atom is 0.303 e. The Hall–Kier alpha value is -3.14. The predicted molar refractivity (Wildman–Crippen MR) is 108 cm³/mol. The summed E-state index contributed by atoms with van der Waals surface area (Å²) >= 11 is 0. The van der Waals surface area contributed by atoms with Crippen LogP contribution in [-0.2, 0) is 33.5 Å². The zero-order valence-electron chi connectivity index (χ0n) is 18.0. The van der Waals surface area contributed by atoms with Gasteiger partial charge in [0.15, 0.2) is 0 Å². The number of aliphatic hydroxyl groups excluding tert-OH is 3. The van der Waals surface area contributed by atoms with E-state index in [2.05, 4.69) is 10.6 Å². The molecule has 33 heavy (non-hydrogen) atoms. The minimum atomic E-state index is -2.01. The average molecular weight is 478 g/mol. The highest BCUT2D eigenvalue weighted by atomic mass is 16.5. The Bertz CT molecular complexity index is 732. The molecule has 0 bridgehead atoms. The van der Waals surface area contributed by atoms with Gasteiger partial charge in [0.05, 0.1) is 12.5 Å². The van der Waals surface area contributed by atoms with Gasteiger partial charge in [0.1, 0.15) is 42.8 Å². The molecule has 0 saturated heterocycles. The van der Waals surface area contributed by atoms with Crippen LogP contribution in [0.3, 0.4) is 0 Å². The maximum absolute atomic E-state index is 12.6. The number of amides is 4. The van der Waals surface area contributed by atoms with Crippen LogP contribution in [0, 0.1) is 5.92 Å². The number of nitrogens with two attached hydrogens (primary N) is 2. The highest BCUT2D eigenvalue weighted by Crippen LogP contribution is 2.17. The number of hydrogen-bond acceptors (Lipinski definition) is 10. The molecule has 0 heterocycles. The third-order valence-corrected chi connectivity index (χ3v) is 4.55. The lowest BCUT2D eigenvalue weighted by Crippen LogP contribution is -2.58. The lowest BCUT2D eigenvalue weighted by Gasteiger charge is -2.34. The fourth-order valence-corrected chi connectivity index (χ4v) is 2.73. The number of carbonyl (C=O) groups excluding carboxylic acids is 5. The van der Waals surface area contributed by atoms with Gasteiger partial charge in [0, 0.05) is 13.3 Å². The molecule has 0 aliphatic heterocycles. The van der Waals surface area contributed by atoms with Crippen molar-refractivity contribution in [3.8, 4) is 0 Å². The molecule has 0 fully saturated rings. The van der Waals surface area contributed by atoms with Crippen LogP contribution in [0.1, 0.15) is 26.7 Å². The van der Waals surface area contributed by atoms with Crippen molar-refractivity contribution >= 4 is 35.9 Å². The highest BCUT2D eigenvalue weighted by Gasteiger charge is 2.40. The number of carboxylic acid groups (broad SMARTS) is 1. The molecule has 15 heteroatoms. The second-order valence-electron chi connectivity index (χ2n) is 7.21. The van der Waals surface area contributed by atoms with Crippen LogP contribution in [0.2, 0.25) is 0 Å². The zero-order chi connectivity index (χ0) is 25.9. The van der Waals surface area contributed by atoms with E-state index in [0.717, 1.165) is 13.8 Å².